The van der Waals surface area contributed by atoms with Crippen LogP contribution in [0.3, 0.4) is 0 Å². The predicted octanol–water partition coefficient (Wildman–Crippen LogP) is 9.77. The molecule has 0 aliphatic heterocycles. The molecule has 2 heterocycles. The second-order valence-corrected chi connectivity index (χ2v) is 10.5. The highest BCUT2D eigenvalue weighted by atomic mass is 15.2. The Balaban J connectivity index is 1.43. The van der Waals surface area contributed by atoms with Crippen molar-refractivity contribution in [2.75, 3.05) is 4.90 Å². The number of nitrogens with zero attached hydrogens (tertiary/aromatic N) is 5. The summed E-state index contributed by atoms with van der Waals surface area (Å²) in [5.41, 5.74) is 7.17. The molecule has 5 heteroatoms. The Morgan fingerprint density at radius 3 is 1.45 bits per heavy atom. The van der Waals surface area contributed by atoms with Crippen LogP contribution in [0.2, 0.25) is 0 Å². The summed E-state index contributed by atoms with van der Waals surface area (Å²) in [7, 11) is 0. The molecule has 0 fully saturated rings. The van der Waals surface area contributed by atoms with Crippen molar-refractivity contribution < 1.29 is 0 Å². The lowest BCUT2D eigenvalue weighted by Crippen LogP contribution is -2.10. The predicted molar refractivity (Wildman–Crippen MR) is 180 cm³/mol. The highest BCUT2D eigenvalue weighted by molar-refractivity contribution is 6.16. The number of hydrogen-bond acceptors (Lipinski definition) is 4. The van der Waals surface area contributed by atoms with Crippen molar-refractivity contribution in [2.45, 2.75) is 0 Å². The molecule has 0 N–H and O–H groups in total. The van der Waals surface area contributed by atoms with Gasteiger partial charge in [-0.15, -0.1) is 0 Å². The monoisotopic (exact) mass is 565 g/mol. The third-order valence-corrected chi connectivity index (χ3v) is 7.83. The Hall–Kier alpha value is -6.07. The minimum absolute atomic E-state index is 0.576. The number of hydrogen-bond donors (Lipinski definition) is 0. The van der Waals surface area contributed by atoms with Crippen LogP contribution >= 0.6 is 0 Å². The molecular weight excluding hydrogens is 538 g/mol. The summed E-state index contributed by atoms with van der Waals surface area (Å²) in [4.78, 5) is 17.4. The van der Waals surface area contributed by atoms with Crippen molar-refractivity contribution in [2.24, 2.45) is 0 Å². The van der Waals surface area contributed by atoms with Crippen molar-refractivity contribution in [3.8, 4) is 28.7 Å². The molecule has 0 aliphatic carbocycles. The first-order chi connectivity index (χ1) is 21.8. The Morgan fingerprint density at radius 1 is 0.409 bits per heavy atom. The molecule has 0 atom stereocenters. The van der Waals surface area contributed by atoms with Crippen LogP contribution in [0.25, 0.3) is 50.5 Å². The van der Waals surface area contributed by atoms with E-state index in [1.54, 1.807) is 0 Å². The largest absolute Gasteiger partial charge is 0.310 e. The number of fused-ring (bicyclic) bond motifs is 3. The quantitative estimate of drug-likeness (QED) is 0.201. The van der Waals surface area contributed by atoms with Crippen LogP contribution < -0.4 is 4.90 Å². The minimum Gasteiger partial charge on any atom is -0.310 e. The third-order valence-electron chi connectivity index (χ3n) is 7.83. The molecule has 8 rings (SSSR count). The summed E-state index contributed by atoms with van der Waals surface area (Å²) in [6.07, 6.45) is 0. The van der Waals surface area contributed by atoms with E-state index in [0.29, 0.717) is 17.6 Å². The first-order valence-corrected chi connectivity index (χ1v) is 14.6. The summed E-state index contributed by atoms with van der Waals surface area (Å²) >= 11 is 0. The van der Waals surface area contributed by atoms with Crippen molar-refractivity contribution in [3.63, 3.8) is 0 Å². The maximum absolute atomic E-state index is 5.09. The van der Waals surface area contributed by atoms with Crippen LogP contribution in [-0.2, 0) is 0 Å². The van der Waals surface area contributed by atoms with Gasteiger partial charge in [-0.2, -0.15) is 9.97 Å². The smallest absolute Gasteiger partial charge is 0.238 e. The summed E-state index contributed by atoms with van der Waals surface area (Å²) in [6.45, 7) is 0. The van der Waals surface area contributed by atoms with Crippen LogP contribution in [0.15, 0.2) is 164 Å². The van der Waals surface area contributed by atoms with Gasteiger partial charge in [0.1, 0.15) is 0 Å². The first-order valence-electron chi connectivity index (χ1n) is 14.6. The molecule has 5 nitrogen and oxygen atoms in total. The molecule has 0 saturated carbocycles. The van der Waals surface area contributed by atoms with Gasteiger partial charge in [0.05, 0.1) is 16.7 Å². The standard InChI is InChI=1S/C39H27N5/c1-5-16-28(17-6-1)37-40-38(29-18-7-2-8-19-29)42-39(41-37)44-33-25-14-13-24-32(33)36-34(26-15-27-35(36)44)43(30-20-9-3-10-21-30)31-22-11-4-12-23-31/h1-27H. The van der Waals surface area contributed by atoms with Gasteiger partial charge < -0.3 is 4.90 Å². The molecule has 0 bridgehead atoms. The number of benzene rings is 6. The summed E-state index contributed by atoms with van der Waals surface area (Å²) in [6, 6.07) is 56.2. The molecule has 2 aromatic heterocycles. The van der Waals surface area contributed by atoms with Gasteiger partial charge in [0.2, 0.25) is 5.95 Å². The summed E-state index contributed by atoms with van der Waals surface area (Å²) in [5.74, 6) is 1.84. The van der Waals surface area contributed by atoms with Gasteiger partial charge in [0.25, 0.3) is 0 Å². The Kier molecular flexibility index (Phi) is 6.39. The van der Waals surface area contributed by atoms with E-state index in [1.807, 2.05) is 60.7 Å². The van der Waals surface area contributed by atoms with Crippen LogP contribution in [0, 0.1) is 0 Å². The van der Waals surface area contributed by atoms with Gasteiger partial charge in [-0.1, -0.05) is 121 Å². The third kappa shape index (κ3) is 4.48. The van der Waals surface area contributed by atoms with Gasteiger partial charge in [-0.3, -0.25) is 4.57 Å². The van der Waals surface area contributed by atoms with Gasteiger partial charge in [0, 0.05) is 33.3 Å². The number of anilines is 3. The van der Waals surface area contributed by atoms with Crippen LogP contribution in [0.1, 0.15) is 0 Å². The average molecular weight is 566 g/mol. The zero-order valence-corrected chi connectivity index (χ0v) is 23.8. The SMILES string of the molecule is c1ccc(-c2nc(-c3ccccc3)nc(-n3c4ccccc4c4c(N(c5ccccc5)c5ccccc5)cccc43)n2)cc1. The van der Waals surface area contributed by atoms with Crippen molar-refractivity contribution >= 4 is 38.9 Å². The van der Waals surface area contributed by atoms with Gasteiger partial charge in [-0.25, -0.2) is 4.98 Å². The van der Waals surface area contributed by atoms with E-state index in [0.717, 1.165) is 50.0 Å². The maximum atomic E-state index is 5.09. The Morgan fingerprint density at radius 2 is 0.886 bits per heavy atom. The number of aromatic nitrogens is 4. The lowest BCUT2D eigenvalue weighted by Gasteiger charge is -2.26. The van der Waals surface area contributed by atoms with E-state index < -0.39 is 0 Å². The molecule has 0 aliphatic rings. The van der Waals surface area contributed by atoms with E-state index in [9.17, 15) is 0 Å². The van der Waals surface area contributed by atoms with Crippen molar-refractivity contribution in [1.29, 1.82) is 0 Å². The molecule has 6 aromatic carbocycles. The maximum Gasteiger partial charge on any atom is 0.238 e. The van der Waals surface area contributed by atoms with Crippen LogP contribution in [0.5, 0.6) is 0 Å². The summed E-state index contributed by atoms with van der Waals surface area (Å²) in [5, 5.41) is 2.25. The lowest BCUT2D eigenvalue weighted by molar-refractivity contribution is 0.953. The zero-order valence-electron chi connectivity index (χ0n) is 23.8. The van der Waals surface area contributed by atoms with E-state index in [-0.39, 0.29) is 0 Å². The highest BCUT2D eigenvalue weighted by Gasteiger charge is 2.22. The average Bonchev–Trinajstić information content (AvgIpc) is 3.45. The van der Waals surface area contributed by atoms with E-state index in [2.05, 4.69) is 113 Å². The molecule has 208 valence electrons. The molecular formula is C39H27N5. The lowest BCUT2D eigenvalue weighted by atomic mass is 10.1. The van der Waals surface area contributed by atoms with Crippen LogP contribution in [-0.4, -0.2) is 19.5 Å². The minimum atomic E-state index is 0.576. The molecule has 0 amide bonds. The van der Waals surface area contributed by atoms with E-state index in [4.69, 9.17) is 15.0 Å². The molecule has 0 saturated heterocycles. The normalized spacial score (nSPS) is 11.2. The van der Waals surface area contributed by atoms with Gasteiger partial charge in [-0.05, 0) is 42.5 Å². The fourth-order valence-electron chi connectivity index (χ4n) is 5.88. The summed E-state index contributed by atoms with van der Waals surface area (Å²) < 4.78 is 2.17. The highest BCUT2D eigenvalue weighted by Crippen LogP contribution is 2.43. The molecule has 0 radical (unpaired) electrons. The zero-order chi connectivity index (χ0) is 29.3. The van der Waals surface area contributed by atoms with E-state index >= 15 is 0 Å². The van der Waals surface area contributed by atoms with Gasteiger partial charge in [0.15, 0.2) is 11.6 Å². The molecule has 44 heavy (non-hydrogen) atoms. The molecule has 8 aromatic rings. The second-order valence-electron chi connectivity index (χ2n) is 10.5. The second kappa shape index (κ2) is 11.0. The Bertz CT molecular complexity index is 2110. The van der Waals surface area contributed by atoms with Crippen molar-refractivity contribution in [3.05, 3.63) is 164 Å². The molecule has 0 unspecified atom stereocenters. The topological polar surface area (TPSA) is 46.8 Å². The van der Waals surface area contributed by atoms with Crippen LogP contribution in [0.4, 0.5) is 17.1 Å². The molecule has 0 spiro atoms. The fourth-order valence-corrected chi connectivity index (χ4v) is 5.88. The number of rotatable bonds is 6. The van der Waals surface area contributed by atoms with Crippen molar-refractivity contribution in [1.82, 2.24) is 19.5 Å². The van der Waals surface area contributed by atoms with E-state index in [1.165, 1.54) is 0 Å². The fraction of sp³-hybridized carbons (Fsp3) is 0. The number of para-hydroxylation sites is 3. The first kappa shape index (κ1) is 25.6. The van der Waals surface area contributed by atoms with Gasteiger partial charge >= 0.3 is 0 Å². The Labute approximate surface area is 255 Å².